The van der Waals surface area contributed by atoms with Crippen molar-refractivity contribution in [1.82, 2.24) is 10.2 Å². The number of halogens is 2. The maximum absolute atomic E-state index is 13.2. The summed E-state index contributed by atoms with van der Waals surface area (Å²) in [5.41, 5.74) is 0.484. The predicted octanol–water partition coefficient (Wildman–Crippen LogP) is 3.13. The monoisotopic (exact) mass is 364 g/mol. The molecule has 1 amide bonds. The van der Waals surface area contributed by atoms with Crippen molar-refractivity contribution in [3.8, 4) is 5.88 Å². The van der Waals surface area contributed by atoms with E-state index in [0.717, 1.165) is 19.4 Å². The van der Waals surface area contributed by atoms with Crippen molar-refractivity contribution >= 4 is 29.0 Å². The second-order valence-corrected chi connectivity index (χ2v) is 6.24. The summed E-state index contributed by atoms with van der Waals surface area (Å²) in [6.45, 7) is 1.36. The van der Waals surface area contributed by atoms with E-state index in [1.807, 2.05) is 11.0 Å². The summed E-state index contributed by atoms with van der Waals surface area (Å²) in [5.74, 6) is 0.336. The van der Waals surface area contributed by atoms with Crippen LogP contribution in [0, 0.1) is 11.7 Å². The Morgan fingerprint density at radius 2 is 2.20 bits per heavy atom. The fourth-order valence-corrected chi connectivity index (χ4v) is 2.99. The van der Waals surface area contributed by atoms with Gasteiger partial charge in [-0.25, -0.2) is 4.39 Å². The summed E-state index contributed by atoms with van der Waals surface area (Å²) in [6, 6.07) is 7.70. The van der Waals surface area contributed by atoms with Gasteiger partial charge in [0.1, 0.15) is 5.82 Å². The molecule has 0 spiro atoms. The van der Waals surface area contributed by atoms with Crippen LogP contribution in [0.4, 0.5) is 15.9 Å². The van der Waals surface area contributed by atoms with Gasteiger partial charge in [-0.1, -0.05) is 11.6 Å². The Hall–Kier alpha value is -2.41. The maximum Gasteiger partial charge on any atom is 0.233 e. The molecule has 0 saturated carbocycles. The maximum atomic E-state index is 13.2. The lowest BCUT2D eigenvalue weighted by Gasteiger charge is -2.32. The average Bonchev–Trinajstić information content (AvgIpc) is 2.65. The van der Waals surface area contributed by atoms with Crippen LogP contribution in [0.1, 0.15) is 12.8 Å². The fourth-order valence-electron chi connectivity index (χ4n) is 2.81. The van der Waals surface area contributed by atoms with Gasteiger partial charge < -0.3 is 15.0 Å². The van der Waals surface area contributed by atoms with Crippen LogP contribution in [-0.4, -0.2) is 36.3 Å². The summed E-state index contributed by atoms with van der Waals surface area (Å²) >= 11 is 5.75. The third kappa shape index (κ3) is 4.17. The van der Waals surface area contributed by atoms with Crippen LogP contribution in [0.15, 0.2) is 30.3 Å². The van der Waals surface area contributed by atoms with E-state index in [2.05, 4.69) is 15.5 Å². The molecule has 0 bridgehead atoms. The lowest BCUT2D eigenvalue weighted by Crippen LogP contribution is -2.41. The quantitative estimate of drug-likeness (QED) is 0.902. The number of amides is 1. The largest absolute Gasteiger partial charge is 0.480 e. The van der Waals surface area contributed by atoms with Gasteiger partial charge in [0.25, 0.3) is 0 Å². The number of rotatable bonds is 4. The Morgan fingerprint density at radius 1 is 1.36 bits per heavy atom. The highest BCUT2D eigenvalue weighted by Crippen LogP contribution is 2.24. The molecule has 0 unspecified atom stereocenters. The normalized spacial score (nSPS) is 17.2. The summed E-state index contributed by atoms with van der Waals surface area (Å²) < 4.78 is 18.2. The average molecular weight is 365 g/mol. The summed E-state index contributed by atoms with van der Waals surface area (Å²) in [7, 11) is 1.53. The zero-order valence-corrected chi connectivity index (χ0v) is 14.5. The number of methoxy groups -OCH3 is 1. The molecule has 6 nitrogen and oxygen atoms in total. The lowest BCUT2D eigenvalue weighted by atomic mass is 9.97. The van der Waals surface area contributed by atoms with Crippen molar-refractivity contribution < 1.29 is 13.9 Å². The van der Waals surface area contributed by atoms with E-state index in [0.29, 0.717) is 23.9 Å². The number of piperidine rings is 1. The lowest BCUT2D eigenvalue weighted by molar-refractivity contribution is -0.120. The number of aromatic nitrogens is 2. The van der Waals surface area contributed by atoms with Crippen molar-refractivity contribution in [3.63, 3.8) is 0 Å². The smallest absolute Gasteiger partial charge is 0.233 e. The molecular weight excluding hydrogens is 347 g/mol. The number of anilines is 2. The third-order valence-corrected chi connectivity index (χ3v) is 4.43. The minimum Gasteiger partial charge on any atom is -0.480 e. The molecule has 1 atom stereocenters. The third-order valence-electron chi connectivity index (χ3n) is 4.14. The van der Waals surface area contributed by atoms with Crippen LogP contribution in [-0.2, 0) is 4.79 Å². The van der Waals surface area contributed by atoms with Crippen molar-refractivity contribution in [1.29, 1.82) is 0 Å². The van der Waals surface area contributed by atoms with Crippen molar-refractivity contribution in [2.75, 3.05) is 30.4 Å². The molecule has 1 aliphatic rings. The minimum absolute atomic E-state index is 0.0171. The summed E-state index contributed by atoms with van der Waals surface area (Å²) in [5, 5.41) is 10.9. The van der Waals surface area contributed by atoms with Crippen LogP contribution in [0.2, 0.25) is 5.02 Å². The molecule has 0 radical (unpaired) electrons. The van der Waals surface area contributed by atoms with Gasteiger partial charge in [-0.3, -0.25) is 4.79 Å². The van der Waals surface area contributed by atoms with E-state index in [-0.39, 0.29) is 16.8 Å². The molecule has 2 heterocycles. The van der Waals surface area contributed by atoms with Gasteiger partial charge in [0.2, 0.25) is 11.8 Å². The van der Waals surface area contributed by atoms with E-state index in [1.54, 1.807) is 6.07 Å². The molecule has 0 aliphatic carbocycles. The van der Waals surface area contributed by atoms with E-state index >= 15 is 0 Å². The molecule has 1 fully saturated rings. The first kappa shape index (κ1) is 17.4. The Bertz CT molecular complexity index is 757. The molecule has 132 valence electrons. The highest BCUT2D eigenvalue weighted by molar-refractivity contribution is 6.31. The first-order valence-corrected chi connectivity index (χ1v) is 8.33. The molecule has 1 saturated heterocycles. The van der Waals surface area contributed by atoms with E-state index in [1.165, 1.54) is 25.3 Å². The number of hydrogen-bond donors (Lipinski definition) is 1. The van der Waals surface area contributed by atoms with Gasteiger partial charge in [0, 0.05) is 24.8 Å². The van der Waals surface area contributed by atoms with Crippen molar-refractivity contribution in [2.24, 2.45) is 5.92 Å². The van der Waals surface area contributed by atoms with Gasteiger partial charge in [0.05, 0.1) is 18.1 Å². The van der Waals surface area contributed by atoms with E-state index in [9.17, 15) is 9.18 Å². The van der Waals surface area contributed by atoms with Gasteiger partial charge in [0.15, 0.2) is 5.82 Å². The Labute approximate surface area is 149 Å². The number of hydrogen-bond acceptors (Lipinski definition) is 5. The first-order valence-electron chi connectivity index (χ1n) is 7.95. The molecule has 8 heteroatoms. The highest BCUT2D eigenvalue weighted by atomic mass is 35.5. The highest BCUT2D eigenvalue weighted by Gasteiger charge is 2.27. The molecule has 1 aromatic heterocycles. The number of carbonyl (C=O) groups excluding carboxylic acids is 1. The SMILES string of the molecule is COc1ccc(N2CCC[C@@H](C(=O)Nc3ccc(F)c(Cl)c3)C2)nn1. The van der Waals surface area contributed by atoms with Crippen molar-refractivity contribution in [2.45, 2.75) is 12.8 Å². The topological polar surface area (TPSA) is 67.3 Å². The molecule has 1 aliphatic heterocycles. The number of nitrogens with zero attached hydrogens (tertiary/aromatic N) is 3. The minimum atomic E-state index is -0.512. The van der Waals surface area contributed by atoms with Crippen LogP contribution in [0.25, 0.3) is 0 Å². The summed E-state index contributed by atoms with van der Waals surface area (Å²) in [4.78, 5) is 14.5. The first-order chi connectivity index (χ1) is 12.1. The standard InChI is InChI=1S/C17H18ClFN4O2/c1-25-16-7-6-15(21-22-16)23-8-2-3-11(10-23)17(24)20-12-4-5-14(19)13(18)9-12/h4-7,9,11H,2-3,8,10H2,1H3,(H,20,24)/t11-/m1/s1. The number of benzene rings is 1. The zero-order valence-electron chi connectivity index (χ0n) is 13.7. The Morgan fingerprint density at radius 3 is 2.88 bits per heavy atom. The second-order valence-electron chi connectivity index (χ2n) is 5.84. The number of nitrogens with one attached hydrogen (secondary N) is 1. The predicted molar refractivity (Wildman–Crippen MR) is 93.6 cm³/mol. The van der Waals surface area contributed by atoms with E-state index in [4.69, 9.17) is 16.3 Å². The van der Waals surface area contributed by atoms with Crippen LogP contribution in [0.3, 0.4) is 0 Å². The van der Waals surface area contributed by atoms with E-state index < -0.39 is 5.82 Å². The van der Waals surface area contributed by atoms with Gasteiger partial charge in [-0.05, 0) is 37.1 Å². The van der Waals surface area contributed by atoms with Gasteiger partial charge in [-0.15, -0.1) is 10.2 Å². The molecule has 1 aromatic carbocycles. The number of carbonyl (C=O) groups is 1. The Balaban J connectivity index is 1.65. The fraction of sp³-hybridized carbons (Fsp3) is 0.353. The second kappa shape index (κ2) is 7.65. The molecule has 3 rings (SSSR count). The molecule has 1 N–H and O–H groups in total. The van der Waals surface area contributed by atoms with Crippen LogP contribution in [0.5, 0.6) is 5.88 Å². The van der Waals surface area contributed by atoms with Gasteiger partial charge in [-0.2, -0.15) is 0 Å². The molecule has 2 aromatic rings. The zero-order chi connectivity index (χ0) is 17.8. The Kier molecular flexibility index (Phi) is 5.33. The van der Waals surface area contributed by atoms with Gasteiger partial charge >= 0.3 is 0 Å². The summed E-state index contributed by atoms with van der Waals surface area (Å²) in [6.07, 6.45) is 1.65. The molecule has 25 heavy (non-hydrogen) atoms. The number of ether oxygens (including phenoxy) is 1. The van der Waals surface area contributed by atoms with Crippen molar-refractivity contribution in [3.05, 3.63) is 41.2 Å². The molecular formula is C17H18ClFN4O2. The van der Waals surface area contributed by atoms with Crippen LogP contribution < -0.4 is 15.0 Å². The van der Waals surface area contributed by atoms with Crippen LogP contribution >= 0.6 is 11.6 Å².